The van der Waals surface area contributed by atoms with Gasteiger partial charge in [-0.1, -0.05) is 49.1 Å². The van der Waals surface area contributed by atoms with Crippen LogP contribution in [0.25, 0.3) is 10.8 Å². The van der Waals surface area contributed by atoms with E-state index in [1.54, 1.807) is 30.3 Å². The lowest BCUT2D eigenvalue weighted by Gasteiger charge is -2.09. The van der Waals surface area contributed by atoms with Gasteiger partial charge in [0.1, 0.15) is 6.61 Å². The number of ether oxygens (including phenoxy) is 2. The van der Waals surface area contributed by atoms with Gasteiger partial charge in [0.25, 0.3) is 0 Å². The van der Waals surface area contributed by atoms with Crippen LogP contribution in [0.1, 0.15) is 5.56 Å². The number of benzene rings is 3. The molecule has 0 atom stereocenters. The molecule has 0 aliphatic rings. The largest absolute Gasteiger partial charge is 0.493 e. The topological polar surface area (TPSA) is 89.0 Å². The van der Waals surface area contributed by atoms with Crippen molar-refractivity contribution in [2.45, 2.75) is 0 Å². The average Bonchev–Trinajstić information content (AvgIpc) is 2.78. The molecule has 0 aromatic heterocycles. The number of amides is 2. The SMILES string of the molecule is C=CCOc1ccc(C=NNC(=O)C(=O)Nc2cccc3ccccc23)cc1OC. The second-order valence-corrected chi connectivity index (χ2v) is 6.19. The summed E-state index contributed by atoms with van der Waals surface area (Å²) in [5, 5.41) is 8.25. The molecule has 0 heterocycles. The summed E-state index contributed by atoms with van der Waals surface area (Å²) in [6.45, 7) is 3.95. The van der Waals surface area contributed by atoms with Crippen LogP contribution in [0.4, 0.5) is 5.69 Å². The lowest BCUT2D eigenvalue weighted by atomic mass is 10.1. The molecule has 3 aromatic carbocycles. The number of anilines is 1. The molecule has 7 nitrogen and oxygen atoms in total. The van der Waals surface area contributed by atoms with Gasteiger partial charge in [0.15, 0.2) is 11.5 Å². The Balaban J connectivity index is 1.62. The summed E-state index contributed by atoms with van der Waals surface area (Å²) in [4.78, 5) is 24.3. The van der Waals surface area contributed by atoms with Crippen molar-refractivity contribution in [1.29, 1.82) is 0 Å². The van der Waals surface area contributed by atoms with Crippen LogP contribution in [0.3, 0.4) is 0 Å². The second-order valence-electron chi connectivity index (χ2n) is 6.19. The third-order valence-corrected chi connectivity index (χ3v) is 4.17. The standard InChI is InChI=1S/C23H21N3O4/c1-3-13-30-20-12-11-16(14-21(20)29-2)15-24-26-23(28)22(27)25-19-10-6-8-17-7-4-5-9-18(17)19/h3-12,14-15H,1,13H2,2H3,(H,25,27)(H,26,28). The normalized spacial score (nSPS) is 10.6. The molecule has 152 valence electrons. The van der Waals surface area contributed by atoms with Gasteiger partial charge in [0, 0.05) is 11.1 Å². The van der Waals surface area contributed by atoms with E-state index < -0.39 is 11.8 Å². The summed E-state index contributed by atoms with van der Waals surface area (Å²) in [5.41, 5.74) is 3.43. The molecule has 0 aliphatic carbocycles. The third-order valence-electron chi connectivity index (χ3n) is 4.17. The summed E-state index contributed by atoms with van der Waals surface area (Å²) in [7, 11) is 1.52. The first-order chi connectivity index (χ1) is 14.6. The lowest BCUT2D eigenvalue weighted by Crippen LogP contribution is -2.32. The van der Waals surface area contributed by atoms with Crippen LogP contribution in [0, 0.1) is 0 Å². The van der Waals surface area contributed by atoms with E-state index in [4.69, 9.17) is 9.47 Å². The first-order valence-electron chi connectivity index (χ1n) is 9.16. The highest BCUT2D eigenvalue weighted by Crippen LogP contribution is 2.27. The molecule has 0 bridgehead atoms. The molecule has 2 N–H and O–H groups in total. The Morgan fingerprint density at radius 2 is 1.83 bits per heavy atom. The van der Waals surface area contributed by atoms with Crippen LogP contribution in [0.15, 0.2) is 78.4 Å². The highest BCUT2D eigenvalue weighted by molar-refractivity contribution is 6.40. The van der Waals surface area contributed by atoms with Crippen molar-refractivity contribution < 1.29 is 19.1 Å². The average molecular weight is 403 g/mol. The Labute approximate surface area is 174 Å². The van der Waals surface area contributed by atoms with Crippen LogP contribution in [0.5, 0.6) is 11.5 Å². The van der Waals surface area contributed by atoms with E-state index in [-0.39, 0.29) is 0 Å². The first-order valence-corrected chi connectivity index (χ1v) is 9.16. The van der Waals surface area contributed by atoms with E-state index in [1.165, 1.54) is 13.3 Å². The smallest absolute Gasteiger partial charge is 0.329 e. The second kappa shape index (κ2) is 9.88. The van der Waals surface area contributed by atoms with Crippen LogP contribution >= 0.6 is 0 Å². The Kier molecular flexibility index (Phi) is 6.78. The molecule has 2 amide bonds. The van der Waals surface area contributed by atoms with Gasteiger partial charge >= 0.3 is 11.8 Å². The number of carbonyl (C=O) groups excluding carboxylic acids is 2. The van der Waals surface area contributed by atoms with Crippen molar-refractivity contribution >= 4 is 34.5 Å². The maximum Gasteiger partial charge on any atom is 0.329 e. The minimum Gasteiger partial charge on any atom is -0.493 e. The summed E-state index contributed by atoms with van der Waals surface area (Å²) >= 11 is 0. The molecule has 30 heavy (non-hydrogen) atoms. The molecule has 3 rings (SSSR count). The Morgan fingerprint density at radius 1 is 1.03 bits per heavy atom. The van der Waals surface area contributed by atoms with Crippen molar-refractivity contribution in [3.8, 4) is 11.5 Å². The Bertz CT molecular complexity index is 1100. The molecule has 0 unspecified atom stereocenters. The van der Waals surface area contributed by atoms with Gasteiger partial charge in [-0.2, -0.15) is 5.10 Å². The molecule has 0 spiro atoms. The molecule has 0 saturated heterocycles. The number of rotatable bonds is 7. The van der Waals surface area contributed by atoms with Gasteiger partial charge in [0.05, 0.1) is 13.3 Å². The van der Waals surface area contributed by atoms with E-state index >= 15 is 0 Å². The van der Waals surface area contributed by atoms with Gasteiger partial charge in [-0.05, 0) is 35.2 Å². The van der Waals surface area contributed by atoms with Crippen molar-refractivity contribution in [2.24, 2.45) is 5.10 Å². The Morgan fingerprint density at radius 3 is 2.63 bits per heavy atom. The fraction of sp³-hybridized carbons (Fsp3) is 0.0870. The number of methoxy groups -OCH3 is 1. The highest BCUT2D eigenvalue weighted by Gasteiger charge is 2.14. The zero-order valence-corrected chi connectivity index (χ0v) is 16.4. The maximum atomic E-state index is 12.2. The number of nitrogens with zero attached hydrogens (tertiary/aromatic N) is 1. The van der Waals surface area contributed by atoms with Gasteiger partial charge in [-0.15, -0.1) is 0 Å². The van der Waals surface area contributed by atoms with E-state index in [0.717, 1.165) is 10.8 Å². The van der Waals surface area contributed by atoms with E-state index in [0.29, 0.717) is 29.4 Å². The van der Waals surface area contributed by atoms with Crippen molar-refractivity contribution in [2.75, 3.05) is 19.0 Å². The van der Waals surface area contributed by atoms with Crippen LogP contribution < -0.4 is 20.2 Å². The number of hydrogen-bond acceptors (Lipinski definition) is 5. The minimum atomic E-state index is -0.878. The fourth-order valence-corrected chi connectivity index (χ4v) is 2.76. The third kappa shape index (κ3) is 5.02. The summed E-state index contributed by atoms with van der Waals surface area (Å²) < 4.78 is 10.8. The van der Waals surface area contributed by atoms with E-state index in [9.17, 15) is 9.59 Å². The summed E-state index contributed by atoms with van der Waals surface area (Å²) in [6.07, 6.45) is 3.04. The number of nitrogens with one attached hydrogen (secondary N) is 2. The number of hydrazone groups is 1. The highest BCUT2D eigenvalue weighted by atomic mass is 16.5. The number of carbonyl (C=O) groups is 2. The molecule has 0 radical (unpaired) electrons. The van der Waals surface area contributed by atoms with E-state index in [1.807, 2.05) is 36.4 Å². The lowest BCUT2D eigenvalue weighted by molar-refractivity contribution is -0.136. The van der Waals surface area contributed by atoms with Gasteiger partial charge < -0.3 is 14.8 Å². The summed E-state index contributed by atoms with van der Waals surface area (Å²) in [6, 6.07) is 18.2. The first kappa shape index (κ1) is 20.6. The quantitative estimate of drug-likeness (QED) is 0.273. The monoisotopic (exact) mass is 403 g/mol. The number of hydrogen-bond donors (Lipinski definition) is 2. The van der Waals surface area contributed by atoms with Crippen molar-refractivity contribution in [3.05, 3.63) is 78.9 Å². The molecule has 0 aliphatic heterocycles. The van der Waals surface area contributed by atoms with Crippen molar-refractivity contribution in [3.63, 3.8) is 0 Å². The van der Waals surface area contributed by atoms with Gasteiger partial charge in [0.2, 0.25) is 0 Å². The maximum absolute atomic E-state index is 12.2. The van der Waals surface area contributed by atoms with Gasteiger partial charge in [-0.25, -0.2) is 5.43 Å². The number of fused-ring (bicyclic) bond motifs is 1. The summed E-state index contributed by atoms with van der Waals surface area (Å²) in [5.74, 6) is -0.611. The zero-order valence-electron chi connectivity index (χ0n) is 16.4. The molecule has 0 saturated carbocycles. The minimum absolute atomic E-state index is 0.353. The molecule has 0 fully saturated rings. The molecule has 3 aromatic rings. The van der Waals surface area contributed by atoms with Crippen LogP contribution in [-0.2, 0) is 9.59 Å². The van der Waals surface area contributed by atoms with Crippen LogP contribution in [0.2, 0.25) is 0 Å². The van der Waals surface area contributed by atoms with Crippen LogP contribution in [-0.4, -0.2) is 31.7 Å². The van der Waals surface area contributed by atoms with Gasteiger partial charge in [-0.3, -0.25) is 9.59 Å². The molecular formula is C23H21N3O4. The fourth-order valence-electron chi connectivity index (χ4n) is 2.76. The molecule has 7 heteroatoms. The predicted octanol–water partition coefficient (Wildman–Crippen LogP) is 3.50. The Hall–Kier alpha value is -4.13. The van der Waals surface area contributed by atoms with E-state index in [2.05, 4.69) is 22.4 Å². The van der Waals surface area contributed by atoms with Crippen molar-refractivity contribution in [1.82, 2.24) is 5.43 Å². The molecular weight excluding hydrogens is 382 g/mol. The zero-order chi connectivity index (χ0) is 21.3. The predicted molar refractivity (Wildman–Crippen MR) is 117 cm³/mol.